The molecule has 0 radical (unpaired) electrons. The van der Waals surface area contributed by atoms with Gasteiger partial charge in [-0.05, 0) is 118 Å². The number of aromatic nitrogens is 1. The molecule has 1 saturated heterocycles. The van der Waals surface area contributed by atoms with Crippen LogP contribution in [0, 0.1) is 19.3 Å². The van der Waals surface area contributed by atoms with Gasteiger partial charge >= 0.3 is 5.97 Å². The molecule has 0 aliphatic carbocycles. The second-order valence-corrected chi connectivity index (χ2v) is 17.5. The van der Waals surface area contributed by atoms with Gasteiger partial charge in [0.1, 0.15) is 0 Å². The molecule has 0 bridgehead atoms. The SMILES string of the molecule is Cc1cccc(Cl)c1CN1CCc2cc(-c3c(CNCCCc4ccccc4)nc(C)c(C(OC(C)(C)C)C(=O)O)c3N3CCC(C)(C)CC3)ccc2C1. The van der Waals surface area contributed by atoms with E-state index in [-0.39, 0.29) is 5.41 Å². The van der Waals surface area contributed by atoms with Gasteiger partial charge in [-0.2, -0.15) is 0 Å². The number of benzene rings is 3. The summed E-state index contributed by atoms with van der Waals surface area (Å²) in [4.78, 5) is 23.3. The van der Waals surface area contributed by atoms with Crippen LogP contribution in [-0.2, 0) is 42.0 Å². The van der Waals surface area contributed by atoms with Crippen molar-refractivity contribution in [1.29, 1.82) is 0 Å². The summed E-state index contributed by atoms with van der Waals surface area (Å²) >= 11 is 6.64. The molecule has 0 spiro atoms. The molecule has 0 amide bonds. The Morgan fingerprint density at radius 2 is 1.74 bits per heavy atom. The highest BCUT2D eigenvalue weighted by Crippen LogP contribution is 2.45. The topological polar surface area (TPSA) is 77.9 Å². The van der Waals surface area contributed by atoms with Gasteiger partial charge in [0, 0.05) is 61.1 Å². The van der Waals surface area contributed by atoms with Crippen molar-refractivity contribution in [3.63, 3.8) is 0 Å². The van der Waals surface area contributed by atoms with Crippen LogP contribution < -0.4 is 10.2 Å². The van der Waals surface area contributed by atoms with Crippen LogP contribution in [0.15, 0.2) is 66.7 Å². The van der Waals surface area contributed by atoms with Gasteiger partial charge in [-0.1, -0.05) is 86.1 Å². The lowest BCUT2D eigenvalue weighted by Crippen LogP contribution is -2.39. The molecule has 2 N–H and O–H groups in total. The number of hydrogen-bond acceptors (Lipinski definition) is 6. The van der Waals surface area contributed by atoms with Crippen molar-refractivity contribution in [2.24, 2.45) is 5.41 Å². The van der Waals surface area contributed by atoms with Gasteiger partial charge in [-0.25, -0.2) is 4.79 Å². The van der Waals surface area contributed by atoms with Crippen molar-refractivity contribution in [3.8, 4) is 11.1 Å². The zero-order valence-electron chi connectivity index (χ0n) is 33.4. The van der Waals surface area contributed by atoms with Crippen molar-refractivity contribution in [2.75, 3.05) is 31.1 Å². The molecule has 54 heavy (non-hydrogen) atoms. The highest BCUT2D eigenvalue weighted by atomic mass is 35.5. The van der Waals surface area contributed by atoms with Crippen LogP contribution in [0.4, 0.5) is 5.69 Å². The average Bonchev–Trinajstić information content (AvgIpc) is 3.12. The van der Waals surface area contributed by atoms with E-state index < -0.39 is 17.7 Å². The molecule has 1 aromatic heterocycles. The predicted octanol–water partition coefficient (Wildman–Crippen LogP) is 9.87. The molecular weight excluding hydrogens is 692 g/mol. The van der Waals surface area contributed by atoms with Gasteiger partial charge < -0.3 is 20.1 Å². The molecule has 1 unspecified atom stereocenters. The van der Waals surface area contributed by atoms with Crippen molar-refractivity contribution in [2.45, 2.75) is 112 Å². The number of carboxylic acid groups (broad SMARTS) is 1. The minimum absolute atomic E-state index is 0.219. The third-order valence-corrected chi connectivity index (χ3v) is 11.5. The Balaban J connectivity index is 1.41. The molecular formula is C46H59ClN4O3. The number of rotatable bonds is 13. The second kappa shape index (κ2) is 16.9. The number of anilines is 1. The average molecular weight is 751 g/mol. The van der Waals surface area contributed by atoms with Crippen LogP contribution in [0.1, 0.15) is 105 Å². The fourth-order valence-corrected chi connectivity index (χ4v) is 8.30. The Labute approximate surface area is 328 Å². The van der Waals surface area contributed by atoms with E-state index in [2.05, 4.69) is 90.5 Å². The normalized spacial score (nSPS) is 16.6. The summed E-state index contributed by atoms with van der Waals surface area (Å²) in [7, 11) is 0. The van der Waals surface area contributed by atoms with Crippen molar-refractivity contribution < 1.29 is 14.6 Å². The van der Waals surface area contributed by atoms with Crippen molar-refractivity contribution in [3.05, 3.63) is 117 Å². The Bertz CT molecular complexity index is 1910. The van der Waals surface area contributed by atoms with E-state index in [1.807, 2.05) is 39.8 Å². The van der Waals surface area contributed by atoms with E-state index in [4.69, 9.17) is 21.3 Å². The zero-order valence-corrected chi connectivity index (χ0v) is 34.2. The Morgan fingerprint density at radius 1 is 1.00 bits per heavy atom. The highest BCUT2D eigenvalue weighted by Gasteiger charge is 2.37. The number of aliphatic carboxylic acids is 1. The van der Waals surface area contributed by atoms with Gasteiger partial charge in [0.05, 0.1) is 17.0 Å². The number of nitrogens with one attached hydrogen (secondary N) is 1. The summed E-state index contributed by atoms with van der Waals surface area (Å²) in [5.41, 5.74) is 11.3. The van der Waals surface area contributed by atoms with Crippen LogP contribution in [0.5, 0.6) is 0 Å². The quantitative estimate of drug-likeness (QED) is 0.132. The lowest BCUT2D eigenvalue weighted by molar-refractivity contribution is -0.160. The molecule has 0 saturated carbocycles. The Morgan fingerprint density at radius 3 is 2.43 bits per heavy atom. The van der Waals surface area contributed by atoms with Crippen molar-refractivity contribution >= 4 is 23.3 Å². The molecule has 3 heterocycles. The number of piperidine rings is 1. The van der Waals surface area contributed by atoms with Crippen LogP contribution in [0.2, 0.25) is 5.02 Å². The summed E-state index contributed by atoms with van der Waals surface area (Å²) < 4.78 is 6.40. The molecule has 1 atom stereocenters. The number of nitrogens with zero attached hydrogens (tertiary/aromatic N) is 3. The summed E-state index contributed by atoms with van der Waals surface area (Å²) in [5, 5.41) is 15.3. The van der Waals surface area contributed by atoms with Crippen LogP contribution >= 0.6 is 11.6 Å². The first kappa shape index (κ1) is 39.9. The van der Waals surface area contributed by atoms with E-state index in [1.165, 1.54) is 27.8 Å². The maximum atomic E-state index is 13.2. The molecule has 1 fully saturated rings. The number of ether oxygens (including phenoxy) is 1. The fourth-order valence-electron chi connectivity index (χ4n) is 8.02. The molecule has 2 aliphatic rings. The minimum atomic E-state index is -1.16. The summed E-state index contributed by atoms with van der Waals surface area (Å²) in [6, 6.07) is 23.6. The number of carboxylic acids is 1. The van der Waals surface area contributed by atoms with E-state index in [1.54, 1.807) is 0 Å². The van der Waals surface area contributed by atoms with E-state index in [0.717, 1.165) is 98.9 Å². The van der Waals surface area contributed by atoms with Gasteiger partial charge in [-0.15, -0.1) is 0 Å². The summed E-state index contributed by atoms with van der Waals surface area (Å²) in [6.07, 6.45) is 3.81. The summed E-state index contributed by atoms with van der Waals surface area (Å²) in [6.45, 7) is 20.2. The standard InChI is InChI=1S/C46H59ClN4O3/c1-31-13-11-17-38(47)37(31)30-50-24-20-34-27-35(18-19-36(34)29-50)41-39(28-48-23-12-16-33-14-9-8-10-15-33)49-32(2)40(43(44(52)53)54-45(3,4)5)42(41)51-25-21-46(6,7)22-26-51/h8-11,13-15,17-19,27,43,48H,12,16,20-26,28-30H2,1-7H3,(H,52,53). The number of hydrogen-bond donors (Lipinski definition) is 2. The predicted molar refractivity (Wildman–Crippen MR) is 221 cm³/mol. The number of aryl methyl sites for hydroxylation is 3. The van der Waals surface area contributed by atoms with Gasteiger partial charge in [0.2, 0.25) is 0 Å². The molecule has 288 valence electrons. The van der Waals surface area contributed by atoms with Gasteiger partial charge in [0.25, 0.3) is 0 Å². The van der Waals surface area contributed by atoms with Crippen LogP contribution in [0.3, 0.4) is 0 Å². The Hall–Kier alpha value is -3.75. The maximum absolute atomic E-state index is 13.2. The largest absolute Gasteiger partial charge is 0.479 e. The lowest BCUT2D eigenvalue weighted by Gasteiger charge is -2.41. The number of fused-ring (bicyclic) bond motifs is 1. The monoisotopic (exact) mass is 750 g/mol. The molecule has 3 aromatic carbocycles. The number of halogens is 1. The maximum Gasteiger partial charge on any atom is 0.337 e. The first-order chi connectivity index (χ1) is 25.7. The molecule has 8 heteroatoms. The zero-order chi connectivity index (χ0) is 38.6. The smallest absolute Gasteiger partial charge is 0.337 e. The first-order valence-electron chi connectivity index (χ1n) is 19.7. The van der Waals surface area contributed by atoms with E-state index in [9.17, 15) is 9.90 Å². The molecule has 4 aromatic rings. The third kappa shape index (κ3) is 9.72. The van der Waals surface area contributed by atoms with E-state index in [0.29, 0.717) is 17.8 Å². The van der Waals surface area contributed by atoms with Gasteiger partial charge in [0.15, 0.2) is 6.10 Å². The van der Waals surface area contributed by atoms with Crippen molar-refractivity contribution in [1.82, 2.24) is 15.2 Å². The summed E-state index contributed by atoms with van der Waals surface area (Å²) in [5.74, 6) is -0.995. The minimum Gasteiger partial charge on any atom is -0.479 e. The highest BCUT2D eigenvalue weighted by molar-refractivity contribution is 6.31. The molecule has 2 aliphatic heterocycles. The lowest BCUT2D eigenvalue weighted by atomic mass is 9.81. The third-order valence-electron chi connectivity index (χ3n) is 11.1. The number of carbonyl (C=O) groups is 1. The number of pyridine rings is 1. The van der Waals surface area contributed by atoms with Crippen LogP contribution in [0.25, 0.3) is 11.1 Å². The molecule has 7 nitrogen and oxygen atoms in total. The van der Waals surface area contributed by atoms with E-state index >= 15 is 0 Å². The van der Waals surface area contributed by atoms with Gasteiger partial charge in [-0.3, -0.25) is 9.88 Å². The molecule has 6 rings (SSSR count). The fraction of sp³-hybridized carbons (Fsp3) is 0.478. The first-order valence-corrected chi connectivity index (χ1v) is 20.1. The van der Waals surface area contributed by atoms with Crippen LogP contribution in [-0.4, -0.2) is 52.7 Å². The Kier molecular flexibility index (Phi) is 12.5. The second-order valence-electron chi connectivity index (χ2n) is 17.1.